The Labute approximate surface area is 95.6 Å². The van der Waals surface area contributed by atoms with Crippen LogP contribution in [0.15, 0.2) is 0 Å². The van der Waals surface area contributed by atoms with Crippen LogP contribution in [-0.2, 0) is 4.79 Å². The molecule has 0 aliphatic heterocycles. The van der Waals surface area contributed by atoms with Gasteiger partial charge in [0, 0.05) is 6.04 Å². The average molecular weight is 228 g/mol. The van der Waals surface area contributed by atoms with Gasteiger partial charge in [-0.2, -0.15) is 0 Å². The molecule has 0 aromatic rings. The molecular formula is C11H20N2O3. The van der Waals surface area contributed by atoms with Crippen LogP contribution in [0.2, 0.25) is 0 Å². The number of carbonyl (C=O) groups excluding carboxylic acids is 1. The molecule has 1 aliphatic carbocycles. The van der Waals surface area contributed by atoms with E-state index in [0.717, 1.165) is 12.8 Å². The van der Waals surface area contributed by atoms with Crippen molar-refractivity contribution >= 4 is 12.0 Å². The summed E-state index contributed by atoms with van der Waals surface area (Å²) in [5.41, 5.74) is 0.154. The number of amides is 2. The lowest BCUT2D eigenvalue weighted by atomic mass is 10.2. The van der Waals surface area contributed by atoms with Gasteiger partial charge in [0.2, 0.25) is 0 Å². The minimum atomic E-state index is -0.980. The number of hydrogen-bond acceptors (Lipinski definition) is 2. The first-order valence-corrected chi connectivity index (χ1v) is 5.66. The van der Waals surface area contributed by atoms with Crippen LogP contribution in [0.3, 0.4) is 0 Å². The lowest BCUT2D eigenvalue weighted by Gasteiger charge is -2.14. The van der Waals surface area contributed by atoms with E-state index in [1.807, 2.05) is 6.92 Å². The Balaban J connectivity index is 2.34. The zero-order valence-electron chi connectivity index (χ0n) is 10.0. The fourth-order valence-electron chi connectivity index (χ4n) is 1.62. The van der Waals surface area contributed by atoms with E-state index in [4.69, 9.17) is 5.11 Å². The second-order valence-corrected chi connectivity index (χ2v) is 5.04. The van der Waals surface area contributed by atoms with E-state index in [9.17, 15) is 9.59 Å². The molecule has 0 saturated heterocycles. The van der Waals surface area contributed by atoms with Crippen molar-refractivity contribution in [3.63, 3.8) is 0 Å². The maximum Gasteiger partial charge on any atom is 0.326 e. The van der Waals surface area contributed by atoms with E-state index < -0.39 is 12.0 Å². The van der Waals surface area contributed by atoms with Gasteiger partial charge in [-0.15, -0.1) is 0 Å². The summed E-state index contributed by atoms with van der Waals surface area (Å²) in [6.07, 6.45) is 2.13. The van der Waals surface area contributed by atoms with Gasteiger partial charge in [0.05, 0.1) is 0 Å². The van der Waals surface area contributed by atoms with Crippen molar-refractivity contribution in [1.82, 2.24) is 10.6 Å². The standard InChI is InChI=1S/C11H20N2O3/c1-4-5-7(9(14)15)12-10(16)13-8-6-11(8,2)3/h7-8H,4-6H2,1-3H3,(H,14,15)(H2,12,13,16). The fraction of sp³-hybridized carbons (Fsp3) is 0.818. The highest BCUT2D eigenvalue weighted by Gasteiger charge is 2.46. The van der Waals surface area contributed by atoms with Crippen molar-refractivity contribution in [3.8, 4) is 0 Å². The van der Waals surface area contributed by atoms with Gasteiger partial charge in [-0.1, -0.05) is 27.2 Å². The van der Waals surface area contributed by atoms with E-state index >= 15 is 0 Å². The second-order valence-electron chi connectivity index (χ2n) is 5.04. The summed E-state index contributed by atoms with van der Waals surface area (Å²) in [7, 11) is 0. The molecule has 0 aromatic heterocycles. The van der Waals surface area contributed by atoms with Crippen molar-refractivity contribution in [3.05, 3.63) is 0 Å². The summed E-state index contributed by atoms with van der Waals surface area (Å²) >= 11 is 0. The molecule has 2 amide bonds. The van der Waals surface area contributed by atoms with Crippen LogP contribution in [0, 0.1) is 5.41 Å². The smallest absolute Gasteiger partial charge is 0.326 e. The van der Waals surface area contributed by atoms with Crippen molar-refractivity contribution in [2.24, 2.45) is 5.41 Å². The molecular weight excluding hydrogens is 208 g/mol. The van der Waals surface area contributed by atoms with Gasteiger partial charge in [0.15, 0.2) is 0 Å². The number of rotatable bonds is 5. The van der Waals surface area contributed by atoms with Gasteiger partial charge >= 0.3 is 12.0 Å². The zero-order valence-corrected chi connectivity index (χ0v) is 10.0. The summed E-state index contributed by atoms with van der Waals surface area (Å²) in [5, 5.41) is 14.1. The van der Waals surface area contributed by atoms with Gasteiger partial charge < -0.3 is 15.7 Å². The first kappa shape index (κ1) is 12.8. The minimum absolute atomic E-state index is 0.154. The molecule has 1 saturated carbocycles. The highest BCUT2D eigenvalue weighted by atomic mass is 16.4. The molecule has 0 bridgehead atoms. The third kappa shape index (κ3) is 3.40. The molecule has 2 unspecified atom stereocenters. The number of hydrogen-bond donors (Lipinski definition) is 3. The summed E-state index contributed by atoms with van der Waals surface area (Å²) in [5.74, 6) is -0.980. The maximum absolute atomic E-state index is 11.5. The SMILES string of the molecule is CCCC(NC(=O)NC1CC1(C)C)C(=O)O. The average Bonchev–Trinajstić information content (AvgIpc) is 2.72. The lowest BCUT2D eigenvalue weighted by molar-refractivity contribution is -0.139. The van der Waals surface area contributed by atoms with Crippen LogP contribution in [0.25, 0.3) is 0 Å². The van der Waals surface area contributed by atoms with Crippen molar-refractivity contribution in [2.75, 3.05) is 0 Å². The lowest BCUT2D eigenvalue weighted by Crippen LogP contribution is -2.47. The Morgan fingerprint density at radius 3 is 2.44 bits per heavy atom. The van der Waals surface area contributed by atoms with Crippen LogP contribution >= 0.6 is 0 Å². The first-order valence-electron chi connectivity index (χ1n) is 5.66. The Morgan fingerprint density at radius 2 is 2.06 bits per heavy atom. The van der Waals surface area contributed by atoms with Crippen molar-refractivity contribution < 1.29 is 14.7 Å². The number of aliphatic carboxylic acids is 1. The third-order valence-electron chi connectivity index (χ3n) is 3.00. The van der Waals surface area contributed by atoms with Crippen molar-refractivity contribution in [1.29, 1.82) is 0 Å². The molecule has 5 heteroatoms. The Hall–Kier alpha value is -1.26. The normalized spacial score (nSPS) is 23.3. The number of carbonyl (C=O) groups is 2. The summed E-state index contributed by atoms with van der Waals surface area (Å²) in [4.78, 5) is 22.3. The molecule has 92 valence electrons. The van der Waals surface area contributed by atoms with E-state index in [1.165, 1.54) is 0 Å². The van der Waals surface area contributed by atoms with Gasteiger partial charge in [-0.05, 0) is 18.3 Å². The second kappa shape index (κ2) is 4.72. The zero-order chi connectivity index (χ0) is 12.3. The fourth-order valence-corrected chi connectivity index (χ4v) is 1.62. The number of nitrogens with one attached hydrogen (secondary N) is 2. The molecule has 1 aliphatic rings. The molecule has 0 aromatic carbocycles. The van der Waals surface area contributed by atoms with Crippen LogP contribution < -0.4 is 10.6 Å². The van der Waals surface area contributed by atoms with Crippen LogP contribution in [-0.4, -0.2) is 29.2 Å². The van der Waals surface area contributed by atoms with Crippen molar-refractivity contribution in [2.45, 2.75) is 52.1 Å². The monoisotopic (exact) mass is 228 g/mol. The largest absolute Gasteiger partial charge is 0.480 e. The summed E-state index contributed by atoms with van der Waals surface area (Å²) < 4.78 is 0. The highest BCUT2D eigenvalue weighted by molar-refractivity contribution is 5.82. The number of carboxylic acids is 1. The van der Waals surface area contributed by atoms with E-state index in [-0.39, 0.29) is 17.5 Å². The van der Waals surface area contributed by atoms with Gasteiger partial charge in [-0.25, -0.2) is 9.59 Å². The Morgan fingerprint density at radius 1 is 1.50 bits per heavy atom. The van der Waals surface area contributed by atoms with Gasteiger partial charge in [0.25, 0.3) is 0 Å². The quantitative estimate of drug-likeness (QED) is 0.664. The molecule has 1 fully saturated rings. The van der Waals surface area contributed by atoms with Crippen LogP contribution in [0.1, 0.15) is 40.0 Å². The molecule has 0 spiro atoms. The summed E-state index contributed by atoms with van der Waals surface area (Å²) in [6.45, 7) is 6.02. The minimum Gasteiger partial charge on any atom is -0.480 e. The molecule has 2 atom stereocenters. The van der Waals surface area contributed by atoms with E-state index in [2.05, 4.69) is 24.5 Å². The van der Waals surface area contributed by atoms with Crippen LogP contribution in [0.5, 0.6) is 0 Å². The Kier molecular flexibility index (Phi) is 3.78. The first-order chi connectivity index (χ1) is 7.36. The van der Waals surface area contributed by atoms with E-state index in [0.29, 0.717) is 6.42 Å². The number of urea groups is 1. The van der Waals surface area contributed by atoms with Gasteiger partial charge in [-0.3, -0.25) is 0 Å². The highest BCUT2D eigenvalue weighted by Crippen LogP contribution is 2.44. The predicted octanol–water partition coefficient (Wildman–Crippen LogP) is 1.34. The maximum atomic E-state index is 11.5. The molecule has 0 radical (unpaired) electrons. The molecule has 1 rings (SSSR count). The predicted molar refractivity (Wildman–Crippen MR) is 60.2 cm³/mol. The topological polar surface area (TPSA) is 78.4 Å². The Bertz CT molecular complexity index is 289. The molecule has 5 nitrogen and oxygen atoms in total. The van der Waals surface area contributed by atoms with Gasteiger partial charge in [0.1, 0.15) is 6.04 Å². The molecule has 3 N–H and O–H groups in total. The van der Waals surface area contributed by atoms with Crippen LogP contribution in [0.4, 0.5) is 4.79 Å². The third-order valence-corrected chi connectivity index (χ3v) is 3.00. The molecule has 16 heavy (non-hydrogen) atoms. The van der Waals surface area contributed by atoms with E-state index in [1.54, 1.807) is 0 Å². The summed E-state index contributed by atoms with van der Waals surface area (Å²) in [6, 6.07) is -0.994. The molecule has 0 heterocycles. The number of carboxylic acid groups (broad SMARTS) is 1.